The monoisotopic (exact) mass is 332 g/mol. The third-order valence-electron chi connectivity index (χ3n) is 3.47. The zero-order valence-corrected chi connectivity index (χ0v) is 14.7. The fourth-order valence-electron chi connectivity index (χ4n) is 2.31. The first kappa shape index (κ1) is 16.9. The molecule has 1 N–H and O–H groups in total. The summed E-state index contributed by atoms with van der Waals surface area (Å²) in [4.78, 5) is 1.43. The van der Waals surface area contributed by atoms with Gasteiger partial charge in [-0.05, 0) is 19.9 Å². The van der Waals surface area contributed by atoms with Crippen LogP contribution in [-0.2, 0) is 21.3 Å². The van der Waals surface area contributed by atoms with Gasteiger partial charge in [0.05, 0.1) is 23.6 Å². The first-order valence-electron chi connectivity index (χ1n) is 7.15. The van der Waals surface area contributed by atoms with Gasteiger partial charge in [-0.25, -0.2) is 8.42 Å². The Bertz CT molecular complexity index is 579. The van der Waals surface area contributed by atoms with Gasteiger partial charge in [-0.1, -0.05) is 13.8 Å². The molecule has 21 heavy (non-hydrogen) atoms. The molecule has 0 saturated carbocycles. The lowest BCUT2D eigenvalue weighted by Crippen LogP contribution is -2.55. The van der Waals surface area contributed by atoms with E-state index in [1.165, 1.54) is 11.3 Å². The third kappa shape index (κ3) is 3.84. The summed E-state index contributed by atoms with van der Waals surface area (Å²) >= 11 is 1.48. The standard InChI is InChI=1S/C14H24N2O3S2/c1-11(2)15-8-12-7-13(9-20-12)21(17,18)16-5-6-19-10-14(16,3)4/h7,9,11,15H,5-6,8,10H2,1-4H3. The Hall–Kier alpha value is -0.470. The zero-order chi connectivity index (χ0) is 15.7. The molecule has 2 rings (SSSR count). The highest BCUT2D eigenvalue weighted by atomic mass is 32.2. The molecule has 0 aromatic carbocycles. The van der Waals surface area contributed by atoms with Crippen LogP contribution in [0.5, 0.6) is 0 Å². The highest BCUT2D eigenvalue weighted by Gasteiger charge is 2.40. The molecule has 0 amide bonds. The molecule has 120 valence electrons. The molecular formula is C14H24N2O3S2. The smallest absolute Gasteiger partial charge is 0.244 e. The molecule has 1 aliphatic rings. The average molecular weight is 332 g/mol. The number of morpholine rings is 1. The number of thiophene rings is 1. The molecule has 0 atom stereocenters. The fourth-order valence-corrected chi connectivity index (χ4v) is 5.28. The van der Waals surface area contributed by atoms with Crippen LogP contribution in [0.3, 0.4) is 0 Å². The number of hydrogen-bond acceptors (Lipinski definition) is 5. The van der Waals surface area contributed by atoms with Crippen molar-refractivity contribution in [2.24, 2.45) is 0 Å². The largest absolute Gasteiger partial charge is 0.378 e. The van der Waals surface area contributed by atoms with E-state index in [4.69, 9.17) is 4.74 Å². The lowest BCUT2D eigenvalue weighted by atomic mass is 10.1. The van der Waals surface area contributed by atoms with Gasteiger partial charge in [-0.2, -0.15) is 4.31 Å². The predicted octanol–water partition coefficient (Wildman–Crippen LogP) is 2.05. The Labute approximate surface area is 131 Å². The van der Waals surface area contributed by atoms with E-state index in [2.05, 4.69) is 19.2 Å². The lowest BCUT2D eigenvalue weighted by Gasteiger charge is -2.40. The molecule has 5 nitrogen and oxygen atoms in total. The summed E-state index contributed by atoms with van der Waals surface area (Å²) in [5, 5.41) is 5.04. The van der Waals surface area contributed by atoms with Crippen molar-refractivity contribution in [2.75, 3.05) is 19.8 Å². The van der Waals surface area contributed by atoms with Crippen LogP contribution in [0, 0.1) is 0 Å². The Morgan fingerprint density at radius 1 is 1.48 bits per heavy atom. The van der Waals surface area contributed by atoms with E-state index in [0.29, 0.717) is 37.2 Å². The van der Waals surface area contributed by atoms with Crippen molar-refractivity contribution in [1.82, 2.24) is 9.62 Å². The summed E-state index contributed by atoms with van der Waals surface area (Å²) < 4.78 is 32.6. The number of nitrogens with one attached hydrogen (secondary N) is 1. The quantitative estimate of drug-likeness (QED) is 0.896. The number of hydrogen-bond donors (Lipinski definition) is 1. The number of ether oxygens (including phenoxy) is 1. The van der Waals surface area contributed by atoms with E-state index in [-0.39, 0.29) is 0 Å². The second kappa shape index (κ2) is 6.34. The van der Waals surface area contributed by atoms with Crippen LogP contribution < -0.4 is 5.32 Å². The van der Waals surface area contributed by atoms with Gasteiger partial charge in [-0.15, -0.1) is 11.3 Å². The van der Waals surface area contributed by atoms with Gasteiger partial charge in [0.15, 0.2) is 0 Å². The second-order valence-corrected chi connectivity index (χ2v) is 9.08. The van der Waals surface area contributed by atoms with Crippen LogP contribution in [0.15, 0.2) is 16.3 Å². The summed E-state index contributed by atoms with van der Waals surface area (Å²) in [5.41, 5.74) is -0.505. The highest BCUT2D eigenvalue weighted by molar-refractivity contribution is 7.89. The molecule has 0 radical (unpaired) electrons. The third-order valence-corrected chi connectivity index (χ3v) is 6.65. The maximum atomic E-state index is 12.8. The normalized spacial score (nSPS) is 20.0. The summed E-state index contributed by atoms with van der Waals surface area (Å²) in [7, 11) is -3.45. The van der Waals surface area contributed by atoms with Crippen molar-refractivity contribution in [3.05, 3.63) is 16.3 Å². The van der Waals surface area contributed by atoms with Crippen LogP contribution in [0.25, 0.3) is 0 Å². The van der Waals surface area contributed by atoms with E-state index >= 15 is 0 Å². The van der Waals surface area contributed by atoms with Gasteiger partial charge in [0.1, 0.15) is 0 Å². The van der Waals surface area contributed by atoms with Gasteiger partial charge in [-0.3, -0.25) is 0 Å². The minimum atomic E-state index is -3.45. The van der Waals surface area contributed by atoms with Crippen molar-refractivity contribution < 1.29 is 13.2 Å². The van der Waals surface area contributed by atoms with Gasteiger partial charge in [0.25, 0.3) is 0 Å². The van der Waals surface area contributed by atoms with E-state index in [0.717, 1.165) is 4.88 Å². The number of rotatable bonds is 5. The predicted molar refractivity (Wildman–Crippen MR) is 85.1 cm³/mol. The maximum Gasteiger partial charge on any atom is 0.244 e. The molecule has 2 heterocycles. The summed E-state index contributed by atoms with van der Waals surface area (Å²) in [6.45, 7) is 9.93. The van der Waals surface area contributed by atoms with Crippen molar-refractivity contribution in [2.45, 2.75) is 50.7 Å². The van der Waals surface area contributed by atoms with Crippen LogP contribution >= 0.6 is 11.3 Å². The molecule has 0 bridgehead atoms. The molecule has 1 saturated heterocycles. The average Bonchev–Trinajstić information content (AvgIpc) is 2.85. The van der Waals surface area contributed by atoms with Crippen molar-refractivity contribution in [3.63, 3.8) is 0 Å². The van der Waals surface area contributed by atoms with Gasteiger partial charge < -0.3 is 10.1 Å². The van der Waals surface area contributed by atoms with E-state index in [1.54, 1.807) is 15.8 Å². The minimum absolute atomic E-state index is 0.380. The fraction of sp³-hybridized carbons (Fsp3) is 0.714. The molecule has 0 unspecified atom stereocenters. The van der Waals surface area contributed by atoms with E-state index < -0.39 is 15.6 Å². The maximum absolute atomic E-state index is 12.8. The molecule has 0 aliphatic carbocycles. The molecular weight excluding hydrogens is 308 g/mol. The van der Waals surface area contributed by atoms with Crippen molar-refractivity contribution >= 4 is 21.4 Å². The van der Waals surface area contributed by atoms with Gasteiger partial charge in [0, 0.05) is 29.4 Å². The highest BCUT2D eigenvalue weighted by Crippen LogP contribution is 2.29. The second-order valence-electron chi connectivity index (χ2n) is 6.23. The Kier molecular flexibility index (Phi) is 5.10. The molecule has 1 fully saturated rings. The van der Waals surface area contributed by atoms with Crippen LogP contribution in [-0.4, -0.2) is 44.1 Å². The number of nitrogens with zero attached hydrogens (tertiary/aromatic N) is 1. The molecule has 0 spiro atoms. The Balaban J connectivity index is 2.19. The molecule has 7 heteroatoms. The van der Waals surface area contributed by atoms with Crippen LogP contribution in [0.1, 0.15) is 32.6 Å². The van der Waals surface area contributed by atoms with Crippen LogP contribution in [0.4, 0.5) is 0 Å². The van der Waals surface area contributed by atoms with Crippen molar-refractivity contribution in [3.8, 4) is 0 Å². The first-order chi connectivity index (χ1) is 9.73. The molecule has 1 aromatic heterocycles. The molecule has 1 aliphatic heterocycles. The summed E-state index contributed by atoms with van der Waals surface area (Å²) in [6.07, 6.45) is 0. The van der Waals surface area contributed by atoms with Gasteiger partial charge in [0.2, 0.25) is 10.0 Å². The number of sulfonamides is 1. The zero-order valence-electron chi connectivity index (χ0n) is 13.0. The summed E-state index contributed by atoms with van der Waals surface area (Å²) in [5.74, 6) is 0. The lowest BCUT2D eigenvalue weighted by molar-refractivity contribution is -0.00769. The first-order valence-corrected chi connectivity index (χ1v) is 9.47. The Morgan fingerprint density at radius 3 is 2.81 bits per heavy atom. The topological polar surface area (TPSA) is 58.6 Å². The van der Waals surface area contributed by atoms with E-state index in [1.807, 2.05) is 13.8 Å². The Morgan fingerprint density at radius 2 is 2.19 bits per heavy atom. The minimum Gasteiger partial charge on any atom is -0.378 e. The summed E-state index contributed by atoms with van der Waals surface area (Å²) in [6, 6.07) is 2.16. The van der Waals surface area contributed by atoms with Gasteiger partial charge >= 0.3 is 0 Å². The van der Waals surface area contributed by atoms with Crippen LogP contribution in [0.2, 0.25) is 0 Å². The van der Waals surface area contributed by atoms with E-state index in [9.17, 15) is 8.42 Å². The SMILES string of the molecule is CC(C)NCc1cc(S(=O)(=O)N2CCOCC2(C)C)cs1. The molecule has 1 aromatic rings. The van der Waals surface area contributed by atoms with Crippen molar-refractivity contribution in [1.29, 1.82) is 0 Å².